The Labute approximate surface area is 121 Å². The van der Waals surface area contributed by atoms with Crippen molar-refractivity contribution >= 4 is 5.78 Å². The number of hydrogen-bond donors (Lipinski definition) is 0. The van der Waals surface area contributed by atoms with Gasteiger partial charge in [-0.3, -0.25) is 4.79 Å². The molecule has 1 saturated heterocycles. The highest BCUT2D eigenvalue weighted by Crippen LogP contribution is 2.16. The molecule has 0 aliphatic carbocycles. The number of Topliss-reactive ketones (excluding diaryl/α,β-unsaturated/α-hetero) is 1. The smallest absolute Gasteiger partial charge is 0.166 e. The lowest BCUT2D eigenvalue weighted by Gasteiger charge is -2.33. The molecular formula is C17H25NO2. The number of nitrogens with zero attached hydrogens (tertiary/aromatic N) is 1. The lowest BCUT2D eigenvalue weighted by molar-refractivity contribution is 0.0119. The molecule has 0 saturated carbocycles. The van der Waals surface area contributed by atoms with Crippen molar-refractivity contribution in [1.82, 2.24) is 4.90 Å². The van der Waals surface area contributed by atoms with Gasteiger partial charge in [-0.1, -0.05) is 37.3 Å². The van der Waals surface area contributed by atoms with Crippen molar-refractivity contribution in [2.45, 2.75) is 32.8 Å². The van der Waals surface area contributed by atoms with Crippen LogP contribution in [0.1, 0.15) is 37.0 Å². The van der Waals surface area contributed by atoms with E-state index < -0.39 is 0 Å². The largest absolute Gasteiger partial charge is 0.378 e. The van der Waals surface area contributed by atoms with Crippen LogP contribution in [0.15, 0.2) is 30.3 Å². The van der Waals surface area contributed by atoms with Gasteiger partial charge in [0, 0.05) is 37.7 Å². The molecule has 1 fully saturated rings. The average molecular weight is 275 g/mol. The molecule has 1 aromatic carbocycles. The molecule has 3 nitrogen and oxygen atoms in total. The summed E-state index contributed by atoms with van der Waals surface area (Å²) < 4.78 is 5.66. The number of ketones is 1. The van der Waals surface area contributed by atoms with Crippen LogP contribution in [-0.2, 0) is 4.74 Å². The predicted molar refractivity (Wildman–Crippen MR) is 81.0 cm³/mol. The zero-order chi connectivity index (χ0) is 14.4. The Balaban J connectivity index is 1.81. The third kappa shape index (κ3) is 4.15. The Morgan fingerprint density at radius 3 is 2.55 bits per heavy atom. The molecule has 1 aromatic rings. The summed E-state index contributed by atoms with van der Waals surface area (Å²) in [5.74, 6) is 0.304. The van der Waals surface area contributed by atoms with Crippen LogP contribution in [0.2, 0.25) is 0 Å². The zero-order valence-corrected chi connectivity index (χ0v) is 12.5. The van der Waals surface area contributed by atoms with Gasteiger partial charge in [-0.2, -0.15) is 0 Å². The lowest BCUT2D eigenvalue weighted by atomic mass is 9.97. The summed E-state index contributed by atoms with van der Waals surface area (Å²) >= 11 is 0. The fraction of sp³-hybridized carbons (Fsp3) is 0.588. The number of carbonyl (C=O) groups excluding carboxylic acids is 1. The van der Waals surface area contributed by atoms with Crippen molar-refractivity contribution in [3.8, 4) is 0 Å². The fourth-order valence-electron chi connectivity index (χ4n) is 2.85. The zero-order valence-electron chi connectivity index (χ0n) is 12.5. The SMILES string of the molecule is CCOC1CCN(CC(C)C(=O)c2ccccc2)CC1. The number of piperidine rings is 1. The normalized spacial score (nSPS) is 18.9. The Hall–Kier alpha value is -1.19. The fourth-order valence-corrected chi connectivity index (χ4v) is 2.85. The van der Waals surface area contributed by atoms with Gasteiger partial charge < -0.3 is 9.64 Å². The first-order valence-corrected chi connectivity index (χ1v) is 7.64. The maximum atomic E-state index is 12.3. The number of hydrogen-bond acceptors (Lipinski definition) is 3. The molecule has 0 radical (unpaired) electrons. The van der Waals surface area contributed by atoms with Crippen LogP contribution in [-0.4, -0.2) is 43.0 Å². The number of likely N-dealkylation sites (tertiary alicyclic amines) is 1. The van der Waals surface area contributed by atoms with Crippen LogP contribution >= 0.6 is 0 Å². The minimum atomic E-state index is 0.0565. The van der Waals surface area contributed by atoms with E-state index in [0.717, 1.165) is 44.6 Å². The molecule has 1 atom stereocenters. The molecular weight excluding hydrogens is 250 g/mol. The highest BCUT2D eigenvalue weighted by atomic mass is 16.5. The second-order valence-corrected chi connectivity index (χ2v) is 5.59. The van der Waals surface area contributed by atoms with Gasteiger partial charge in [0.1, 0.15) is 0 Å². The molecule has 1 aliphatic heterocycles. The van der Waals surface area contributed by atoms with Gasteiger partial charge in [0.05, 0.1) is 6.10 Å². The maximum absolute atomic E-state index is 12.3. The molecule has 1 heterocycles. The summed E-state index contributed by atoms with van der Waals surface area (Å²) in [6.45, 7) is 7.81. The maximum Gasteiger partial charge on any atom is 0.166 e. The summed E-state index contributed by atoms with van der Waals surface area (Å²) in [5, 5.41) is 0. The van der Waals surface area contributed by atoms with Crippen molar-refractivity contribution in [3.05, 3.63) is 35.9 Å². The van der Waals surface area contributed by atoms with E-state index in [4.69, 9.17) is 4.74 Å². The minimum Gasteiger partial charge on any atom is -0.378 e. The number of benzene rings is 1. The molecule has 1 unspecified atom stereocenters. The van der Waals surface area contributed by atoms with Crippen LogP contribution in [0.25, 0.3) is 0 Å². The summed E-state index contributed by atoms with van der Waals surface area (Å²) in [4.78, 5) is 14.7. The van der Waals surface area contributed by atoms with Crippen molar-refractivity contribution in [2.75, 3.05) is 26.2 Å². The molecule has 0 aromatic heterocycles. The second-order valence-electron chi connectivity index (χ2n) is 5.59. The lowest BCUT2D eigenvalue weighted by Crippen LogP contribution is -2.40. The van der Waals surface area contributed by atoms with Crippen LogP contribution in [0.5, 0.6) is 0 Å². The van der Waals surface area contributed by atoms with Gasteiger partial charge in [0.2, 0.25) is 0 Å². The Bertz CT molecular complexity index is 410. The topological polar surface area (TPSA) is 29.5 Å². The summed E-state index contributed by atoms with van der Waals surface area (Å²) in [6, 6.07) is 9.60. The first kappa shape index (κ1) is 15.2. The predicted octanol–water partition coefficient (Wildman–Crippen LogP) is 3.01. The Kier molecular flexibility index (Phi) is 5.74. The summed E-state index contributed by atoms with van der Waals surface area (Å²) in [6.07, 6.45) is 2.58. The van der Waals surface area contributed by atoms with E-state index in [1.807, 2.05) is 44.2 Å². The standard InChI is InChI=1S/C17H25NO2/c1-3-20-16-9-11-18(12-10-16)13-14(2)17(19)15-7-5-4-6-8-15/h4-8,14,16H,3,9-13H2,1-2H3. The third-order valence-electron chi connectivity index (χ3n) is 3.97. The average Bonchev–Trinajstić information content (AvgIpc) is 2.49. The number of ether oxygens (including phenoxy) is 1. The molecule has 20 heavy (non-hydrogen) atoms. The van der Waals surface area contributed by atoms with E-state index in [1.54, 1.807) is 0 Å². The highest BCUT2D eigenvalue weighted by Gasteiger charge is 2.23. The quantitative estimate of drug-likeness (QED) is 0.747. The van der Waals surface area contributed by atoms with Crippen LogP contribution < -0.4 is 0 Å². The number of carbonyl (C=O) groups is 1. The van der Waals surface area contributed by atoms with Crippen molar-refractivity contribution < 1.29 is 9.53 Å². The first-order chi connectivity index (χ1) is 9.70. The van der Waals surface area contributed by atoms with Crippen molar-refractivity contribution in [3.63, 3.8) is 0 Å². The minimum absolute atomic E-state index is 0.0565. The second kappa shape index (κ2) is 7.55. The van der Waals surface area contributed by atoms with Crippen LogP contribution in [0, 0.1) is 5.92 Å². The van der Waals surface area contributed by atoms with Crippen molar-refractivity contribution in [1.29, 1.82) is 0 Å². The van der Waals surface area contributed by atoms with E-state index in [2.05, 4.69) is 4.90 Å². The molecule has 0 spiro atoms. The van der Waals surface area contributed by atoms with Gasteiger partial charge in [0.25, 0.3) is 0 Å². The van der Waals surface area contributed by atoms with E-state index in [9.17, 15) is 4.79 Å². The van der Waals surface area contributed by atoms with E-state index in [-0.39, 0.29) is 11.7 Å². The Morgan fingerprint density at radius 1 is 1.30 bits per heavy atom. The molecule has 0 N–H and O–H groups in total. The monoisotopic (exact) mass is 275 g/mol. The van der Waals surface area contributed by atoms with Gasteiger partial charge in [0.15, 0.2) is 5.78 Å². The van der Waals surface area contributed by atoms with Crippen LogP contribution in [0.3, 0.4) is 0 Å². The highest BCUT2D eigenvalue weighted by molar-refractivity contribution is 5.97. The van der Waals surface area contributed by atoms with E-state index >= 15 is 0 Å². The molecule has 1 aliphatic rings. The van der Waals surface area contributed by atoms with Gasteiger partial charge in [-0.25, -0.2) is 0 Å². The van der Waals surface area contributed by atoms with Gasteiger partial charge in [-0.15, -0.1) is 0 Å². The van der Waals surface area contributed by atoms with E-state index in [1.165, 1.54) is 0 Å². The van der Waals surface area contributed by atoms with Gasteiger partial charge in [-0.05, 0) is 19.8 Å². The molecule has 0 amide bonds. The Morgan fingerprint density at radius 2 is 1.95 bits per heavy atom. The first-order valence-electron chi connectivity index (χ1n) is 7.64. The molecule has 3 heteroatoms. The molecule has 2 rings (SSSR count). The molecule has 110 valence electrons. The van der Waals surface area contributed by atoms with Crippen LogP contribution in [0.4, 0.5) is 0 Å². The summed E-state index contributed by atoms with van der Waals surface area (Å²) in [7, 11) is 0. The number of rotatable bonds is 6. The van der Waals surface area contributed by atoms with E-state index in [0.29, 0.717) is 6.10 Å². The van der Waals surface area contributed by atoms with Gasteiger partial charge >= 0.3 is 0 Å². The van der Waals surface area contributed by atoms with Crippen molar-refractivity contribution in [2.24, 2.45) is 5.92 Å². The molecule has 0 bridgehead atoms. The third-order valence-corrected chi connectivity index (χ3v) is 3.97. The summed E-state index contributed by atoms with van der Waals surface area (Å²) in [5.41, 5.74) is 0.823.